The van der Waals surface area contributed by atoms with Crippen molar-refractivity contribution in [3.05, 3.63) is 36.5 Å². The Morgan fingerprint density at radius 2 is 1.83 bits per heavy atom. The first kappa shape index (κ1) is 19.3. The fourth-order valence-electron chi connectivity index (χ4n) is 2.79. The zero-order valence-electron chi connectivity index (χ0n) is 13.7. The van der Waals surface area contributed by atoms with Crippen LogP contribution in [0.15, 0.2) is 36.5 Å². The largest absolute Gasteiger partial charge is 0.463 e. The molecule has 0 heterocycles. The van der Waals surface area contributed by atoms with Gasteiger partial charge in [-0.3, -0.25) is 0 Å². The van der Waals surface area contributed by atoms with Gasteiger partial charge in [0.15, 0.2) is 0 Å². The lowest BCUT2D eigenvalue weighted by Crippen LogP contribution is -2.21. The van der Waals surface area contributed by atoms with Crippen LogP contribution >= 0.6 is 0 Å². The number of allylic oxidation sites excluding steroid dienone is 4. The molecule has 1 aliphatic rings. The maximum absolute atomic E-state index is 11.1. The molecule has 128 valence electrons. The SMILES string of the molecule is CCOC(=O)C=CC=CC=C[C@@H]1[C@H](CCC(C)=O)[C@@H](O)C[C@H]1O. The molecule has 5 nitrogen and oxygen atoms in total. The summed E-state index contributed by atoms with van der Waals surface area (Å²) in [6.07, 6.45) is 10.1. The Balaban J connectivity index is 2.54. The first-order valence-electron chi connectivity index (χ1n) is 7.99. The monoisotopic (exact) mass is 322 g/mol. The van der Waals surface area contributed by atoms with E-state index >= 15 is 0 Å². The summed E-state index contributed by atoms with van der Waals surface area (Å²) in [6, 6.07) is 0. The highest BCUT2D eigenvalue weighted by molar-refractivity contribution is 5.82. The zero-order valence-corrected chi connectivity index (χ0v) is 13.7. The van der Waals surface area contributed by atoms with Crippen LogP contribution in [0.1, 0.15) is 33.1 Å². The Bertz CT molecular complexity index is 478. The van der Waals surface area contributed by atoms with Crippen molar-refractivity contribution in [2.45, 2.75) is 45.3 Å². The summed E-state index contributed by atoms with van der Waals surface area (Å²) in [4.78, 5) is 22.2. The number of aliphatic hydroxyl groups is 2. The lowest BCUT2D eigenvalue weighted by atomic mass is 9.88. The Hall–Kier alpha value is -1.72. The van der Waals surface area contributed by atoms with E-state index in [0.717, 1.165) is 0 Å². The van der Waals surface area contributed by atoms with Crippen LogP contribution in [-0.4, -0.2) is 40.8 Å². The highest BCUT2D eigenvalue weighted by Gasteiger charge is 2.39. The number of aliphatic hydroxyl groups excluding tert-OH is 2. The second-order valence-corrected chi connectivity index (χ2v) is 5.73. The third-order valence-electron chi connectivity index (χ3n) is 3.93. The van der Waals surface area contributed by atoms with E-state index in [0.29, 0.717) is 25.9 Å². The van der Waals surface area contributed by atoms with Crippen LogP contribution in [0.5, 0.6) is 0 Å². The van der Waals surface area contributed by atoms with Crippen molar-refractivity contribution in [3.8, 4) is 0 Å². The standard InChI is InChI=1S/C18H26O5/c1-3-23-18(22)9-7-5-4-6-8-14-15(11-10-13(2)19)17(21)12-16(14)20/h4-9,14-17,20-21H,3,10-12H2,1-2H3/t14-,15+,16-,17+/m1/s1. The number of ketones is 1. The molecule has 0 unspecified atom stereocenters. The predicted molar refractivity (Wildman–Crippen MR) is 87.6 cm³/mol. The minimum absolute atomic E-state index is 0.0883. The van der Waals surface area contributed by atoms with Gasteiger partial charge < -0.3 is 19.7 Å². The third-order valence-corrected chi connectivity index (χ3v) is 3.93. The molecule has 0 saturated heterocycles. The quantitative estimate of drug-likeness (QED) is 0.405. The molecule has 0 amide bonds. The van der Waals surface area contributed by atoms with Crippen LogP contribution in [0.25, 0.3) is 0 Å². The minimum atomic E-state index is -0.596. The van der Waals surface area contributed by atoms with Crippen molar-refractivity contribution >= 4 is 11.8 Å². The number of ether oxygens (including phenoxy) is 1. The van der Waals surface area contributed by atoms with E-state index in [1.165, 1.54) is 13.0 Å². The number of hydrogen-bond acceptors (Lipinski definition) is 5. The normalized spacial score (nSPS) is 28.2. The Labute approximate surface area is 137 Å². The number of hydrogen-bond donors (Lipinski definition) is 2. The second kappa shape index (κ2) is 10.1. The molecule has 0 radical (unpaired) electrons. The van der Waals surface area contributed by atoms with Crippen molar-refractivity contribution in [1.29, 1.82) is 0 Å². The molecule has 1 aliphatic carbocycles. The predicted octanol–water partition coefficient (Wildman–Crippen LogP) is 1.95. The molecular formula is C18H26O5. The van der Waals surface area contributed by atoms with Crippen LogP contribution in [-0.2, 0) is 14.3 Å². The van der Waals surface area contributed by atoms with E-state index in [1.807, 2.05) is 6.08 Å². The van der Waals surface area contributed by atoms with Gasteiger partial charge in [-0.25, -0.2) is 4.79 Å². The Morgan fingerprint density at radius 1 is 1.13 bits per heavy atom. The fraction of sp³-hybridized carbons (Fsp3) is 0.556. The van der Waals surface area contributed by atoms with Gasteiger partial charge in [-0.2, -0.15) is 0 Å². The topological polar surface area (TPSA) is 83.8 Å². The summed E-state index contributed by atoms with van der Waals surface area (Å²) >= 11 is 0. The second-order valence-electron chi connectivity index (χ2n) is 5.73. The van der Waals surface area contributed by atoms with Crippen molar-refractivity contribution in [2.24, 2.45) is 11.8 Å². The number of carbonyl (C=O) groups excluding carboxylic acids is 2. The lowest BCUT2D eigenvalue weighted by molar-refractivity contribution is -0.137. The lowest BCUT2D eigenvalue weighted by Gasteiger charge is -2.19. The van der Waals surface area contributed by atoms with Gasteiger partial charge in [0.1, 0.15) is 5.78 Å². The number of esters is 1. The van der Waals surface area contributed by atoms with E-state index in [4.69, 9.17) is 4.74 Å². The van der Waals surface area contributed by atoms with Gasteiger partial charge in [0, 0.05) is 24.8 Å². The molecule has 0 bridgehead atoms. The highest BCUT2D eigenvalue weighted by Crippen LogP contribution is 2.36. The first-order valence-corrected chi connectivity index (χ1v) is 7.99. The van der Waals surface area contributed by atoms with Crippen LogP contribution < -0.4 is 0 Å². The van der Waals surface area contributed by atoms with Gasteiger partial charge in [0.2, 0.25) is 0 Å². The average Bonchev–Trinajstić information content (AvgIpc) is 2.74. The summed E-state index contributed by atoms with van der Waals surface area (Å²) in [5.41, 5.74) is 0. The van der Waals surface area contributed by atoms with Crippen molar-refractivity contribution < 1.29 is 24.5 Å². The van der Waals surface area contributed by atoms with E-state index in [1.54, 1.807) is 31.2 Å². The van der Waals surface area contributed by atoms with E-state index in [9.17, 15) is 19.8 Å². The van der Waals surface area contributed by atoms with Crippen LogP contribution in [0.4, 0.5) is 0 Å². The molecule has 4 atom stereocenters. The summed E-state index contributed by atoms with van der Waals surface area (Å²) in [6.45, 7) is 3.62. The van der Waals surface area contributed by atoms with E-state index in [2.05, 4.69) is 0 Å². The van der Waals surface area contributed by atoms with Crippen LogP contribution in [0.2, 0.25) is 0 Å². The zero-order chi connectivity index (χ0) is 17.2. The molecule has 5 heteroatoms. The molecule has 0 aromatic heterocycles. The summed E-state index contributed by atoms with van der Waals surface area (Å²) in [5, 5.41) is 20.0. The molecule has 2 N–H and O–H groups in total. The molecule has 0 spiro atoms. The Kier molecular flexibility index (Phi) is 8.51. The highest BCUT2D eigenvalue weighted by atomic mass is 16.5. The molecule has 0 aliphatic heterocycles. The van der Waals surface area contributed by atoms with Crippen LogP contribution in [0, 0.1) is 11.8 Å². The van der Waals surface area contributed by atoms with Gasteiger partial charge in [0.05, 0.1) is 18.8 Å². The number of Topliss-reactive ketones (excluding diaryl/α,β-unsaturated/α-hetero) is 1. The van der Waals surface area contributed by atoms with E-state index in [-0.39, 0.29) is 23.6 Å². The molecule has 1 saturated carbocycles. The number of rotatable bonds is 8. The fourth-order valence-corrected chi connectivity index (χ4v) is 2.79. The molecule has 1 fully saturated rings. The summed E-state index contributed by atoms with van der Waals surface area (Å²) < 4.78 is 4.75. The van der Waals surface area contributed by atoms with Crippen molar-refractivity contribution in [2.75, 3.05) is 6.61 Å². The maximum atomic E-state index is 11.1. The smallest absolute Gasteiger partial charge is 0.330 e. The van der Waals surface area contributed by atoms with Gasteiger partial charge in [-0.1, -0.05) is 30.4 Å². The van der Waals surface area contributed by atoms with Crippen molar-refractivity contribution in [1.82, 2.24) is 0 Å². The first-order chi connectivity index (χ1) is 11.0. The van der Waals surface area contributed by atoms with E-state index < -0.39 is 12.2 Å². The third kappa shape index (κ3) is 6.93. The number of carbonyl (C=O) groups is 2. The van der Waals surface area contributed by atoms with Gasteiger partial charge in [0.25, 0.3) is 0 Å². The Morgan fingerprint density at radius 3 is 2.48 bits per heavy atom. The average molecular weight is 322 g/mol. The molecule has 0 aromatic rings. The van der Waals surface area contributed by atoms with Gasteiger partial charge >= 0.3 is 5.97 Å². The van der Waals surface area contributed by atoms with Crippen LogP contribution in [0.3, 0.4) is 0 Å². The molecule has 0 aromatic carbocycles. The molecule has 23 heavy (non-hydrogen) atoms. The minimum Gasteiger partial charge on any atom is -0.463 e. The van der Waals surface area contributed by atoms with Gasteiger partial charge in [-0.05, 0) is 26.2 Å². The van der Waals surface area contributed by atoms with Crippen molar-refractivity contribution in [3.63, 3.8) is 0 Å². The summed E-state index contributed by atoms with van der Waals surface area (Å²) in [5.74, 6) is -0.568. The molecular weight excluding hydrogens is 296 g/mol. The summed E-state index contributed by atoms with van der Waals surface area (Å²) in [7, 11) is 0. The maximum Gasteiger partial charge on any atom is 0.330 e. The van der Waals surface area contributed by atoms with Gasteiger partial charge in [-0.15, -0.1) is 0 Å². The molecule has 1 rings (SSSR count).